The van der Waals surface area contributed by atoms with Gasteiger partial charge in [0.2, 0.25) is 0 Å². The summed E-state index contributed by atoms with van der Waals surface area (Å²) in [6.45, 7) is 6.23. The van der Waals surface area contributed by atoms with Crippen LogP contribution in [0.5, 0.6) is 0 Å². The molecule has 1 aromatic heterocycles. The zero-order chi connectivity index (χ0) is 17.5. The van der Waals surface area contributed by atoms with Gasteiger partial charge in [-0.15, -0.1) is 0 Å². The van der Waals surface area contributed by atoms with Gasteiger partial charge in [-0.05, 0) is 49.9 Å². The highest BCUT2D eigenvalue weighted by atomic mass is 35.5. The summed E-state index contributed by atoms with van der Waals surface area (Å²) in [4.78, 5) is 12.6. The predicted octanol–water partition coefficient (Wildman–Crippen LogP) is 5.55. The summed E-state index contributed by atoms with van der Waals surface area (Å²) in [6, 6.07) is 7.40. The Labute approximate surface area is 150 Å². The van der Waals surface area contributed by atoms with Gasteiger partial charge >= 0.3 is 0 Å². The Bertz CT molecular complexity index is 674. The molecule has 0 bridgehead atoms. The number of nitrogens with zero attached hydrogens (tertiary/aromatic N) is 2. The van der Waals surface area contributed by atoms with Crippen molar-refractivity contribution in [3.63, 3.8) is 0 Å². The highest BCUT2D eigenvalue weighted by Gasteiger charge is 2.16. The smallest absolute Gasteiger partial charge is 0.251 e. The molecule has 0 saturated heterocycles. The van der Waals surface area contributed by atoms with E-state index in [1.165, 1.54) is 37.7 Å². The molecule has 0 aliphatic rings. The maximum Gasteiger partial charge on any atom is 0.251 e. The van der Waals surface area contributed by atoms with Crippen molar-refractivity contribution in [2.45, 2.75) is 65.7 Å². The molecular weight excluding hydrogens is 320 g/mol. The highest BCUT2D eigenvalue weighted by Crippen LogP contribution is 2.18. The minimum atomic E-state index is 0.00940. The van der Waals surface area contributed by atoms with Crippen molar-refractivity contribution in [3.05, 3.63) is 51.8 Å². The molecule has 0 spiro atoms. The number of benzene rings is 1. The summed E-state index contributed by atoms with van der Waals surface area (Å²) in [6.07, 6.45) is 7.62. The first-order chi connectivity index (χ1) is 11.5. The lowest BCUT2D eigenvalue weighted by Gasteiger charge is -2.05. The van der Waals surface area contributed by atoms with Gasteiger partial charge < -0.3 is 0 Å². The average Bonchev–Trinajstić information content (AvgIpc) is 2.84. The third kappa shape index (κ3) is 4.94. The van der Waals surface area contributed by atoms with Crippen LogP contribution in [0.15, 0.2) is 24.3 Å². The Morgan fingerprint density at radius 2 is 1.75 bits per heavy atom. The van der Waals surface area contributed by atoms with Crippen LogP contribution in [0, 0.1) is 13.8 Å². The van der Waals surface area contributed by atoms with Crippen LogP contribution >= 0.6 is 11.6 Å². The quantitative estimate of drug-likeness (QED) is 0.587. The van der Waals surface area contributed by atoms with Crippen LogP contribution < -0.4 is 0 Å². The Balaban J connectivity index is 2.01. The number of hydrogen-bond acceptors (Lipinski definition) is 2. The number of carbonyl (C=O) groups excluding carboxylic acids is 1. The normalized spacial score (nSPS) is 11.0. The fourth-order valence-corrected chi connectivity index (χ4v) is 3.16. The van der Waals surface area contributed by atoms with Crippen molar-refractivity contribution in [2.24, 2.45) is 0 Å². The van der Waals surface area contributed by atoms with Crippen molar-refractivity contribution >= 4 is 17.5 Å². The van der Waals surface area contributed by atoms with E-state index in [1.807, 2.05) is 38.1 Å². The molecule has 4 heteroatoms. The molecule has 1 aromatic carbocycles. The zero-order valence-electron chi connectivity index (χ0n) is 14.9. The molecule has 1 heterocycles. The molecule has 130 valence electrons. The summed E-state index contributed by atoms with van der Waals surface area (Å²) < 4.78 is 1.57. The topological polar surface area (TPSA) is 34.9 Å². The number of halogens is 1. The molecular formula is C20H27ClN2O. The van der Waals surface area contributed by atoms with E-state index in [4.69, 9.17) is 11.6 Å². The average molecular weight is 347 g/mol. The fraction of sp³-hybridized carbons (Fsp3) is 0.500. The number of aryl methyl sites for hydroxylation is 1. The second kappa shape index (κ2) is 9.03. The van der Waals surface area contributed by atoms with Crippen LogP contribution in [-0.4, -0.2) is 15.7 Å². The molecule has 0 unspecified atom stereocenters. The Kier molecular flexibility index (Phi) is 7.04. The largest absolute Gasteiger partial charge is 0.272 e. The fourth-order valence-electron chi connectivity index (χ4n) is 3.04. The second-order valence-corrected chi connectivity index (χ2v) is 6.86. The molecule has 0 aliphatic heterocycles. The molecule has 3 nitrogen and oxygen atoms in total. The van der Waals surface area contributed by atoms with Crippen molar-refractivity contribution in [1.82, 2.24) is 9.78 Å². The van der Waals surface area contributed by atoms with Gasteiger partial charge in [0.15, 0.2) is 0 Å². The summed E-state index contributed by atoms with van der Waals surface area (Å²) in [7, 11) is 0. The molecule has 0 atom stereocenters. The Morgan fingerprint density at radius 3 is 2.42 bits per heavy atom. The maximum atomic E-state index is 12.6. The highest BCUT2D eigenvalue weighted by molar-refractivity contribution is 6.30. The Morgan fingerprint density at radius 1 is 1.08 bits per heavy atom. The lowest BCUT2D eigenvalue weighted by molar-refractivity contribution is 0.0895. The predicted molar refractivity (Wildman–Crippen MR) is 99.9 cm³/mol. The zero-order valence-corrected chi connectivity index (χ0v) is 15.7. The molecule has 0 aliphatic carbocycles. The number of unbranched alkanes of at least 4 members (excludes halogenated alkanes) is 4. The van der Waals surface area contributed by atoms with Crippen LogP contribution in [0.1, 0.15) is 66.3 Å². The monoisotopic (exact) mass is 346 g/mol. The lowest BCUT2D eigenvalue weighted by atomic mass is 10.0. The number of rotatable bonds is 8. The van der Waals surface area contributed by atoms with Gasteiger partial charge in [0.1, 0.15) is 0 Å². The summed E-state index contributed by atoms with van der Waals surface area (Å²) >= 11 is 5.89. The molecule has 0 N–H and O–H groups in total. The van der Waals surface area contributed by atoms with Gasteiger partial charge in [0.25, 0.3) is 5.91 Å². The van der Waals surface area contributed by atoms with E-state index in [-0.39, 0.29) is 5.91 Å². The molecule has 2 aromatic rings. The molecule has 0 radical (unpaired) electrons. The standard InChI is InChI=1S/C20H27ClN2O/c1-4-5-6-7-8-9-19-15(2)22-23(16(19)3)20(24)14-17-10-12-18(21)13-11-17/h10-13H,4-9,14H2,1-3H3. The third-order valence-corrected chi connectivity index (χ3v) is 4.73. The van der Waals surface area contributed by atoms with E-state index in [0.29, 0.717) is 11.4 Å². The van der Waals surface area contributed by atoms with Gasteiger partial charge in [-0.25, -0.2) is 4.68 Å². The molecule has 2 rings (SSSR count). The van der Waals surface area contributed by atoms with Gasteiger partial charge in [0, 0.05) is 10.7 Å². The second-order valence-electron chi connectivity index (χ2n) is 6.42. The molecule has 24 heavy (non-hydrogen) atoms. The van der Waals surface area contributed by atoms with Crippen molar-refractivity contribution in [2.75, 3.05) is 0 Å². The lowest BCUT2D eigenvalue weighted by Crippen LogP contribution is -2.16. The molecule has 0 fully saturated rings. The first-order valence-corrected chi connectivity index (χ1v) is 9.23. The van der Waals surface area contributed by atoms with E-state index in [1.54, 1.807) is 4.68 Å². The third-order valence-electron chi connectivity index (χ3n) is 4.48. The van der Waals surface area contributed by atoms with Crippen molar-refractivity contribution in [1.29, 1.82) is 0 Å². The summed E-state index contributed by atoms with van der Waals surface area (Å²) in [5.74, 6) is 0.00940. The van der Waals surface area contributed by atoms with Crippen LogP contribution in [-0.2, 0) is 12.8 Å². The van der Waals surface area contributed by atoms with Gasteiger partial charge in [-0.2, -0.15) is 5.10 Å². The SMILES string of the molecule is CCCCCCCc1c(C)nn(C(=O)Cc2ccc(Cl)cc2)c1C. The van der Waals surface area contributed by atoms with Crippen LogP contribution in [0.3, 0.4) is 0 Å². The summed E-state index contributed by atoms with van der Waals surface area (Å²) in [5.41, 5.74) is 4.16. The van der Waals surface area contributed by atoms with Crippen LogP contribution in [0.25, 0.3) is 0 Å². The van der Waals surface area contributed by atoms with E-state index < -0.39 is 0 Å². The van der Waals surface area contributed by atoms with E-state index in [2.05, 4.69) is 12.0 Å². The van der Waals surface area contributed by atoms with Crippen molar-refractivity contribution in [3.8, 4) is 0 Å². The molecule has 0 saturated carbocycles. The van der Waals surface area contributed by atoms with Gasteiger partial charge in [-0.1, -0.05) is 56.3 Å². The minimum absolute atomic E-state index is 0.00940. The minimum Gasteiger partial charge on any atom is -0.272 e. The van der Waals surface area contributed by atoms with E-state index >= 15 is 0 Å². The summed E-state index contributed by atoms with van der Waals surface area (Å²) in [5, 5.41) is 5.16. The Hall–Kier alpha value is -1.61. The van der Waals surface area contributed by atoms with E-state index in [9.17, 15) is 4.79 Å². The number of aromatic nitrogens is 2. The molecule has 0 amide bonds. The first kappa shape index (κ1) is 18.7. The number of carbonyl (C=O) groups is 1. The van der Waals surface area contributed by atoms with Crippen LogP contribution in [0.2, 0.25) is 5.02 Å². The van der Waals surface area contributed by atoms with Crippen LogP contribution in [0.4, 0.5) is 0 Å². The number of hydrogen-bond donors (Lipinski definition) is 0. The van der Waals surface area contributed by atoms with E-state index in [0.717, 1.165) is 23.4 Å². The first-order valence-electron chi connectivity index (χ1n) is 8.85. The maximum absolute atomic E-state index is 12.6. The van der Waals surface area contributed by atoms with Crippen molar-refractivity contribution < 1.29 is 4.79 Å². The van der Waals surface area contributed by atoms with Gasteiger partial charge in [-0.3, -0.25) is 4.79 Å². The van der Waals surface area contributed by atoms with Gasteiger partial charge in [0.05, 0.1) is 12.1 Å².